The summed E-state index contributed by atoms with van der Waals surface area (Å²) in [6.07, 6.45) is 1.37. The third-order valence-corrected chi connectivity index (χ3v) is 8.07. The Bertz CT molecular complexity index is 1770. The van der Waals surface area contributed by atoms with Crippen molar-refractivity contribution in [2.45, 2.75) is 13.5 Å². The third kappa shape index (κ3) is 5.61. The maximum absolute atomic E-state index is 12.9. The number of pyridine rings is 1. The number of hydrogen-bond donors (Lipinski definition) is 2. The predicted molar refractivity (Wildman–Crippen MR) is 160 cm³/mol. The Morgan fingerprint density at radius 1 is 1.07 bits per heavy atom. The normalized spacial score (nSPS) is 13.5. The fourth-order valence-electron chi connectivity index (χ4n) is 4.89. The first kappa shape index (κ1) is 29.2. The van der Waals surface area contributed by atoms with E-state index in [1.807, 2.05) is 36.1 Å². The number of carbonyl (C=O) groups is 2. The lowest BCUT2D eigenvalue weighted by Gasteiger charge is -2.37. The molecule has 0 aliphatic carbocycles. The highest BCUT2D eigenvalue weighted by atomic mass is 35.5. The Labute approximate surface area is 251 Å². The van der Waals surface area contributed by atoms with E-state index < -0.39 is 17.4 Å². The molecule has 1 aliphatic rings. The van der Waals surface area contributed by atoms with Gasteiger partial charge in [0.2, 0.25) is 5.88 Å². The SMILES string of the molecule is COc1nc(-c2cccc(-c3cccc(NC(=O)c4ccnn(C)c4=O)c3Cl)c2Cl)cc(C)c1CN1CC(C(=O)O)C1. The number of aromatic nitrogens is 3. The number of carboxylic acid groups (broad SMARTS) is 1. The number of aryl methyl sites for hydroxylation is 2. The van der Waals surface area contributed by atoms with Gasteiger partial charge in [-0.25, -0.2) is 9.67 Å². The van der Waals surface area contributed by atoms with Crippen molar-refractivity contribution >= 4 is 40.8 Å². The molecule has 2 N–H and O–H groups in total. The van der Waals surface area contributed by atoms with Crippen LogP contribution in [0.4, 0.5) is 5.69 Å². The molecular weight excluding hydrogens is 581 g/mol. The van der Waals surface area contributed by atoms with E-state index in [9.17, 15) is 19.5 Å². The lowest BCUT2D eigenvalue weighted by molar-refractivity contribution is -0.147. The second-order valence-corrected chi connectivity index (χ2v) is 10.8. The molecule has 4 aromatic rings. The van der Waals surface area contributed by atoms with Crippen LogP contribution in [-0.2, 0) is 18.4 Å². The number of aliphatic carboxylic acids is 1. The number of carbonyl (C=O) groups excluding carboxylic acids is 1. The lowest BCUT2D eigenvalue weighted by Crippen LogP contribution is -2.49. The van der Waals surface area contributed by atoms with Crippen molar-refractivity contribution in [2.75, 3.05) is 25.5 Å². The van der Waals surface area contributed by atoms with Gasteiger partial charge in [0.15, 0.2) is 0 Å². The number of carboxylic acids is 1. The standard InChI is InChI=1S/C30H27Cl2N5O5/c1-16-12-24(35-28(42-3)22(16)15-37-13-17(14-37)30(40)41)20-8-4-6-18(25(20)31)19-7-5-9-23(26(19)32)34-27(38)21-10-11-33-36(2)29(21)39/h4-12,17H,13-15H2,1-3H3,(H,34,38)(H,40,41). The van der Waals surface area contributed by atoms with Crippen LogP contribution in [0, 0.1) is 12.8 Å². The Morgan fingerprint density at radius 2 is 1.74 bits per heavy atom. The Balaban J connectivity index is 1.45. The summed E-state index contributed by atoms with van der Waals surface area (Å²) in [5, 5.41) is 16.4. The zero-order chi connectivity index (χ0) is 30.1. The van der Waals surface area contributed by atoms with E-state index in [0.717, 1.165) is 15.8 Å². The number of hydrogen-bond acceptors (Lipinski definition) is 7. The number of rotatable bonds is 8. The van der Waals surface area contributed by atoms with Gasteiger partial charge in [-0.2, -0.15) is 5.10 Å². The Morgan fingerprint density at radius 3 is 2.43 bits per heavy atom. The Kier molecular flexibility index (Phi) is 8.31. The van der Waals surface area contributed by atoms with Crippen LogP contribution < -0.4 is 15.6 Å². The minimum atomic E-state index is -0.787. The van der Waals surface area contributed by atoms with Crippen molar-refractivity contribution in [3.8, 4) is 28.3 Å². The molecule has 5 rings (SSSR count). The van der Waals surface area contributed by atoms with E-state index in [4.69, 9.17) is 32.9 Å². The molecule has 2 aromatic carbocycles. The monoisotopic (exact) mass is 607 g/mol. The summed E-state index contributed by atoms with van der Waals surface area (Å²) in [6, 6.07) is 13.9. The number of nitrogens with one attached hydrogen (secondary N) is 1. The molecule has 1 saturated heterocycles. The summed E-state index contributed by atoms with van der Waals surface area (Å²) < 4.78 is 6.70. The van der Waals surface area contributed by atoms with Crippen LogP contribution in [0.3, 0.4) is 0 Å². The van der Waals surface area contributed by atoms with Gasteiger partial charge in [-0.15, -0.1) is 0 Å². The molecule has 0 radical (unpaired) electrons. The highest BCUT2D eigenvalue weighted by molar-refractivity contribution is 6.39. The van der Waals surface area contributed by atoms with Crippen molar-refractivity contribution in [1.82, 2.24) is 19.7 Å². The second kappa shape index (κ2) is 11.9. The average Bonchev–Trinajstić information content (AvgIpc) is 2.93. The summed E-state index contributed by atoms with van der Waals surface area (Å²) in [5.41, 5.74) is 3.99. The van der Waals surface area contributed by atoms with Crippen LogP contribution in [0.2, 0.25) is 10.0 Å². The van der Waals surface area contributed by atoms with Gasteiger partial charge in [-0.3, -0.25) is 19.3 Å². The smallest absolute Gasteiger partial charge is 0.309 e. The molecule has 10 nitrogen and oxygen atoms in total. The first-order chi connectivity index (χ1) is 20.1. The van der Waals surface area contributed by atoms with E-state index >= 15 is 0 Å². The molecule has 3 heterocycles. The number of benzene rings is 2. The summed E-state index contributed by atoms with van der Waals surface area (Å²) in [7, 11) is 3.01. The van der Waals surface area contributed by atoms with E-state index in [1.165, 1.54) is 19.3 Å². The van der Waals surface area contributed by atoms with E-state index in [1.54, 1.807) is 25.3 Å². The summed E-state index contributed by atoms with van der Waals surface area (Å²) in [5.74, 6) is -1.31. The summed E-state index contributed by atoms with van der Waals surface area (Å²) in [4.78, 5) is 43.2. The summed E-state index contributed by atoms with van der Waals surface area (Å²) in [6.45, 7) is 3.44. The van der Waals surface area contributed by atoms with Crippen LogP contribution >= 0.6 is 23.2 Å². The van der Waals surface area contributed by atoms with Crippen LogP contribution in [0.25, 0.3) is 22.4 Å². The van der Waals surface area contributed by atoms with Gasteiger partial charge in [0, 0.05) is 55.1 Å². The minimum Gasteiger partial charge on any atom is -0.481 e. The van der Waals surface area contributed by atoms with E-state index in [2.05, 4.69) is 10.4 Å². The Hall–Kier alpha value is -4.25. The summed E-state index contributed by atoms with van der Waals surface area (Å²) >= 11 is 13.7. The number of nitrogens with zero attached hydrogens (tertiary/aromatic N) is 4. The van der Waals surface area contributed by atoms with Gasteiger partial charge in [-0.1, -0.05) is 53.5 Å². The zero-order valence-corrected chi connectivity index (χ0v) is 24.5. The molecule has 0 bridgehead atoms. The fraction of sp³-hybridized carbons (Fsp3) is 0.233. The van der Waals surface area contributed by atoms with Crippen molar-refractivity contribution in [3.63, 3.8) is 0 Å². The molecule has 1 amide bonds. The van der Waals surface area contributed by atoms with Crippen LogP contribution in [0.1, 0.15) is 21.5 Å². The topological polar surface area (TPSA) is 127 Å². The fourth-order valence-corrected chi connectivity index (χ4v) is 5.49. The van der Waals surface area contributed by atoms with Gasteiger partial charge in [-0.05, 0) is 30.7 Å². The predicted octanol–water partition coefficient (Wildman–Crippen LogP) is 4.90. The number of anilines is 1. The number of likely N-dealkylation sites (tertiary alicyclic amines) is 1. The lowest BCUT2D eigenvalue weighted by atomic mass is 9.97. The van der Waals surface area contributed by atoms with Crippen molar-refractivity contribution in [3.05, 3.63) is 91.8 Å². The molecule has 0 unspecified atom stereocenters. The van der Waals surface area contributed by atoms with Crippen molar-refractivity contribution in [2.24, 2.45) is 13.0 Å². The molecule has 0 spiro atoms. The molecule has 0 saturated carbocycles. The van der Waals surface area contributed by atoms with Crippen molar-refractivity contribution in [1.29, 1.82) is 0 Å². The van der Waals surface area contributed by atoms with E-state index in [0.29, 0.717) is 58.6 Å². The highest BCUT2D eigenvalue weighted by Gasteiger charge is 2.33. The quantitative estimate of drug-likeness (QED) is 0.289. The second-order valence-electron chi connectivity index (χ2n) is 10.0. The van der Waals surface area contributed by atoms with Crippen LogP contribution in [0.5, 0.6) is 5.88 Å². The first-order valence-corrected chi connectivity index (χ1v) is 13.8. The molecule has 42 heavy (non-hydrogen) atoms. The van der Waals surface area contributed by atoms with Crippen molar-refractivity contribution < 1.29 is 19.4 Å². The number of methoxy groups -OCH3 is 1. The third-order valence-electron chi connectivity index (χ3n) is 7.25. The maximum atomic E-state index is 12.9. The van der Waals surface area contributed by atoms with Crippen LogP contribution in [0.15, 0.2) is 59.5 Å². The molecule has 1 fully saturated rings. The maximum Gasteiger partial charge on any atom is 0.309 e. The molecule has 1 aliphatic heterocycles. The number of ether oxygens (including phenoxy) is 1. The van der Waals surface area contributed by atoms with Gasteiger partial charge in [0.25, 0.3) is 11.5 Å². The molecule has 0 atom stereocenters. The van der Waals surface area contributed by atoms with Gasteiger partial charge in [0.1, 0.15) is 5.56 Å². The first-order valence-electron chi connectivity index (χ1n) is 13.0. The van der Waals surface area contributed by atoms with Gasteiger partial charge >= 0.3 is 5.97 Å². The van der Waals surface area contributed by atoms with Gasteiger partial charge < -0.3 is 15.2 Å². The molecule has 2 aromatic heterocycles. The largest absolute Gasteiger partial charge is 0.481 e. The highest BCUT2D eigenvalue weighted by Crippen LogP contribution is 2.42. The molecule has 12 heteroatoms. The zero-order valence-electron chi connectivity index (χ0n) is 23.0. The number of halogens is 2. The van der Waals surface area contributed by atoms with Gasteiger partial charge in [0.05, 0.1) is 34.5 Å². The van der Waals surface area contributed by atoms with Crippen LogP contribution in [-0.4, -0.2) is 56.8 Å². The average molecular weight is 608 g/mol. The molecular formula is C30H27Cl2N5O5. The minimum absolute atomic E-state index is 0.0661. The number of amides is 1. The molecule has 216 valence electrons. The van der Waals surface area contributed by atoms with E-state index in [-0.39, 0.29) is 16.5 Å².